The van der Waals surface area contributed by atoms with Crippen LogP contribution in [0.4, 0.5) is 10.1 Å². The second-order valence-electron chi connectivity index (χ2n) is 6.71. The van der Waals surface area contributed by atoms with Crippen LogP contribution in [-0.4, -0.2) is 18.4 Å². The lowest BCUT2D eigenvalue weighted by molar-refractivity contribution is -0.126. The molecule has 2 aromatic rings. The van der Waals surface area contributed by atoms with Crippen LogP contribution < -0.4 is 10.2 Å². The first-order valence-corrected chi connectivity index (χ1v) is 8.93. The van der Waals surface area contributed by atoms with E-state index in [-0.39, 0.29) is 30.1 Å². The number of anilines is 1. The minimum Gasteiger partial charge on any atom is -0.349 e. The van der Waals surface area contributed by atoms with E-state index >= 15 is 0 Å². The van der Waals surface area contributed by atoms with Crippen LogP contribution in [0.3, 0.4) is 0 Å². The van der Waals surface area contributed by atoms with Gasteiger partial charge in [-0.3, -0.25) is 9.59 Å². The van der Waals surface area contributed by atoms with Gasteiger partial charge in [-0.2, -0.15) is 0 Å². The third-order valence-corrected chi connectivity index (χ3v) is 4.83. The lowest BCUT2D eigenvalue weighted by Gasteiger charge is -2.19. The predicted molar refractivity (Wildman–Crippen MR) is 99.2 cm³/mol. The Balaban J connectivity index is 1.67. The highest BCUT2D eigenvalue weighted by Gasteiger charge is 2.35. The molecular weight excluding hydrogens is 331 g/mol. The topological polar surface area (TPSA) is 49.4 Å². The Bertz CT molecular complexity index is 821. The van der Waals surface area contributed by atoms with Crippen molar-refractivity contribution in [3.05, 3.63) is 65.5 Å². The van der Waals surface area contributed by atoms with Crippen molar-refractivity contribution in [2.75, 3.05) is 11.4 Å². The van der Waals surface area contributed by atoms with Gasteiger partial charge in [-0.15, -0.1) is 0 Å². The van der Waals surface area contributed by atoms with Gasteiger partial charge in [0.15, 0.2) is 0 Å². The standard InChI is InChI=1S/C21H23FN2O2/c1-3-15-6-4-9-19(10-15)24-13-17(12-20(24)25)21(26)23-14(2)16-7-5-8-18(22)11-16/h4-11,14,17H,3,12-13H2,1-2H3,(H,23,26)/t14-,17-/m1/s1. The molecule has 1 saturated heterocycles. The molecule has 0 unspecified atom stereocenters. The molecule has 2 atom stereocenters. The van der Waals surface area contributed by atoms with Gasteiger partial charge < -0.3 is 10.2 Å². The predicted octanol–water partition coefficient (Wildman–Crippen LogP) is 3.62. The molecule has 0 bridgehead atoms. The maximum absolute atomic E-state index is 13.4. The molecule has 1 fully saturated rings. The van der Waals surface area contributed by atoms with Crippen molar-refractivity contribution < 1.29 is 14.0 Å². The molecule has 26 heavy (non-hydrogen) atoms. The average Bonchev–Trinajstić information content (AvgIpc) is 3.03. The highest BCUT2D eigenvalue weighted by molar-refractivity contribution is 6.00. The molecule has 0 saturated carbocycles. The summed E-state index contributed by atoms with van der Waals surface area (Å²) in [6.07, 6.45) is 1.09. The van der Waals surface area contributed by atoms with E-state index in [0.717, 1.165) is 17.7 Å². The highest BCUT2D eigenvalue weighted by atomic mass is 19.1. The Morgan fingerprint density at radius 2 is 2.04 bits per heavy atom. The van der Waals surface area contributed by atoms with Gasteiger partial charge in [0.1, 0.15) is 5.82 Å². The van der Waals surface area contributed by atoms with E-state index in [9.17, 15) is 14.0 Å². The van der Waals surface area contributed by atoms with E-state index in [0.29, 0.717) is 12.1 Å². The van der Waals surface area contributed by atoms with Gasteiger partial charge in [0, 0.05) is 18.7 Å². The Morgan fingerprint density at radius 1 is 1.27 bits per heavy atom. The van der Waals surface area contributed by atoms with Crippen LogP contribution in [0.5, 0.6) is 0 Å². The average molecular weight is 354 g/mol. The number of nitrogens with one attached hydrogen (secondary N) is 1. The molecule has 1 aliphatic rings. The summed E-state index contributed by atoms with van der Waals surface area (Å²) in [6.45, 7) is 4.24. The molecule has 4 nitrogen and oxygen atoms in total. The largest absolute Gasteiger partial charge is 0.349 e. The molecule has 1 N–H and O–H groups in total. The number of carbonyl (C=O) groups excluding carboxylic acids is 2. The number of carbonyl (C=O) groups is 2. The molecule has 0 spiro atoms. The molecule has 0 aromatic heterocycles. The van der Waals surface area contributed by atoms with Crippen molar-refractivity contribution >= 4 is 17.5 Å². The first kappa shape index (κ1) is 18.1. The number of hydrogen-bond donors (Lipinski definition) is 1. The van der Waals surface area contributed by atoms with Crippen LogP contribution in [0.1, 0.15) is 37.4 Å². The van der Waals surface area contributed by atoms with Gasteiger partial charge in [-0.05, 0) is 48.7 Å². The normalized spacial score (nSPS) is 18.0. The van der Waals surface area contributed by atoms with Crippen LogP contribution in [-0.2, 0) is 16.0 Å². The number of rotatable bonds is 5. The lowest BCUT2D eigenvalue weighted by atomic mass is 10.0. The minimum absolute atomic E-state index is 0.0446. The molecule has 0 aliphatic carbocycles. The number of halogens is 1. The van der Waals surface area contributed by atoms with Gasteiger partial charge in [0.2, 0.25) is 11.8 Å². The van der Waals surface area contributed by atoms with E-state index < -0.39 is 5.92 Å². The number of hydrogen-bond acceptors (Lipinski definition) is 2. The molecule has 0 radical (unpaired) electrons. The van der Waals surface area contributed by atoms with Crippen molar-refractivity contribution in [2.45, 2.75) is 32.7 Å². The van der Waals surface area contributed by atoms with Crippen LogP contribution in [0.15, 0.2) is 48.5 Å². The number of benzene rings is 2. The summed E-state index contributed by atoms with van der Waals surface area (Å²) in [4.78, 5) is 26.6. The van der Waals surface area contributed by atoms with Crippen molar-refractivity contribution in [1.29, 1.82) is 0 Å². The van der Waals surface area contributed by atoms with Crippen LogP contribution in [0.2, 0.25) is 0 Å². The summed E-state index contributed by atoms with van der Waals surface area (Å²) < 4.78 is 13.4. The van der Waals surface area contributed by atoms with E-state index in [1.54, 1.807) is 17.0 Å². The quantitative estimate of drug-likeness (QED) is 0.892. The zero-order valence-corrected chi connectivity index (χ0v) is 15.0. The van der Waals surface area contributed by atoms with Gasteiger partial charge >= 0.3 is 0 Å². The van der Waals surface area contributed by atoms with Crippen LogP contribution in [0, 0.1) is 11.7 Å². The second-order valence-corrected chi connectivity index (χ2v) is 6.71. The first-order valence-electron chi connectivity index (χ1n) is 8.93. The zero-order chi connectivity index (χ0) is 18.7. The van der Waals surface area contributed by atoms with Crippen molar-refractivity contribution in [3.8, 4) is 0 Å². The number of amides is 2. The maximum atomic E-state index is 13.4. The minimum atomic E-state index is -0.399. The monoisotopic (exact) mass is 354 g/mol. The van der Waals surface area contributed by atoms with E-state index in [1.807, 2.05) is 31.2 Å². The number of aryl methyl sites for hydroxylation is 1. The van der Waals surface area contributed by atoms with Crippen LogP contribution >= 0.6 is 0 Å². The molecule has 2 aromatic carbocycles. The van der Waals surface area contributed by atoms with Gasteiger partial charge in [0.05, 0.1) is 12.0 Å². The fraction of sp³-hybridized carbons (Fsp3) is 0.333. The molecule has 1 aliphatic heterocycles. The summed E-state index contributed by atoms with van der Waals surface area (Å²) in [5, 5.41) is 2.90. The zero-order valence-electron chi connectivity index (χ0n) is 15.0. The molecule has 2 amide bonds. The van der Waals surface area contributed by atoms with Crippen molar-refractivity contribution in [2.24, 2.45) is 5.92 Å². The smallest absolute Gasteiger partial charge is 0.227 e. The summed E-state index contributed by atoms with van der Waals surface area (Å²) in [5.74, 6) is -0.952. The Hall–Kier alpha value is -2.69. The van der Waals surface area contributed by atoms with E-state index in [1.165, 1.54) is 12.1 Å². The summed E-state index contributed by atoms with van der Waals surface area (Å²) in [5.41, 5.74) is 2.70. The Morgan fingerprint density at radius 3 is 2.77 bits per heavy atom. The highest BCUT2D eigenvalue weighted by Crippen LogP contribution is 2.27. The second kappa shape index (κ2) is 7.68. The summed E-state index contributed by atoms with van der Waals surface area (Å²) >= 11 is 0. The van der Waals surface area contributed by atoms with Crippen molar-refractivity contribution in [1.82, 2.24) is 5.32 Å². The Labute approximate surface area is 153 Å². The fourth-order valence-corrected chi connectivity index (χ4v) is 3.27. The summed E-state index contributed by atoms with van der Waals surface area (Å²) in [6, 6.07) is 13.7. The third-order valence-electron chi connectivity index (χ3n) is 4.83. The van der Waals surface area contributed by atoms with Crippen LogP contribution in [0.25, 0.3) is 0 Å². The van der Waals surface area contributed by atoms with Gasteiger partial charge in [0.25, 0.3) is 0 Å². The molecule has 136 valence electrons. The summed E-state index contributed by atoms with van der Waals surface area (Å²) in [7, 11) is 0. The van der Waals surface area contributed by atoms with Gasteiger partial charge in [-0.25, -0.2) is 4.39 Å². The van der Waals surface area contributed by atoms with E-state index in [2.05, 4.69) is 12.2 Å². The lowest BCUT2D eigenvalue weighted by Crippen LogP contribution is -2.34. The Kier molecular flexibility index (Phi) is 5.35. The first-order chi connectivity index (χ1) is 12.5. The molecule has 3 rings (SSSR count). The van der Waals surface area contributed by atoms with E-state index in [4.69, 9.17) is 0 Å². The molecular formula is C21H23FN2O2. The van der Waals surface area contributed by atoms with Crippen molar-refractivity contribution in [3.63, 3.8) is 0 Å². The molecule has 5 heteroatoms. The number of nitrogens with zero attached hydrogens (tertiary/aromatic N) is 1. The molecule has 1 heterocycles. The third kappa shape index (κ3) is 3.93. The SMILES string of the molecule is CCc1cccc(N2C[C@H](C(=O)N[C@H](C)c3cccc(F)c3)CC2=O)c1. The van der Waals surface area contributed by atoms with Gasteiger partial charge in [-0.1, -0.05) is 31.2 Å². The fourth-order valence-electron chi connectivity index (χ4n) is 3.27. The maximum Gasteiger partial charge on any atom is 0.227 e.